The van der Waals surface area contributed by atoms with Gasteiger partial charge in [-0.15, -0.1) is 6.42 Å². The summed E-state index contributed by atoms with van der Waals surface area (Å²) in [6.45, 7) is 2.15. The SMILES string of the molecule is CCC1=[C-]CC=C1.[Ni]. The second-order valence-corrected chi connectivity index (χ2v) is 1.66. The Morgan fingerprint density at radius 3 is 2.75 bits per heavy atom. The average Bonchev–Trinajstić information content (AvgIpc) is 2.14. The van der Waals surface area contributed by atoms with Gasteiger partial charge in [-0.1, -0.05) is 13.3 Å². The first kappa shape index (κ1) is 7.97. The summed E-state index contributed by atoms with van der Waals surface area (Å²) in [6, 6.07) is 0. The number of allylic oxidation sites excluding steroid dienone is 4. The second-order valence-electron chi connectivity index (χ2n) is 1.66. The molecule has 0 saturated carbocycles. The van der Waals surface area contributed by atoms with Crippen LogP contribution in [0, 0.1) is 6.08 Å². The molecule has 0 heterocycles. The summed E-state index contributed by atoms with van der Waals surface area (Å²) in [5.41, 5.74) is 1.36. The first-order chi connectivity index (χ1) is 3.43. The quantitative estimate of drug-likeness (QED) is 0.398. The maximum absolute atomic E-state index is 3.21. The summed E-state index contributed by atoms with van der Waals surface area (Å²) in [6.07, 6.45) is 9.65. The van der Waals surface area contributed by atoms with Crippen molar-refractivity contribution in [2.24, 2.45) is 0 Å². The van der Waals surface area contributed by atoms with E-state index in [9.17, 15) is 0 Å². The van der Waals surface area contributed by atoms with E-state index in [0.717, 1.165) is 12.8 Å². The van der Waals surface area contributed by atoms with E-state index >= 15 is 0 Å². The molecule has 0 nitrogen and oxygen atoms in total. The van der Waals surface area contributed by atoms with Gasteiger partial charge in [0.1, 0.15) is 0 Å². The molecule has 0 radical (unpaired) electrons. The Balaban J connectivity index is 0.000000490. The van der Waals surface area contributed by atoms with Gasteiger partial charge in [-0.2, -0.15) is 6.08 Å². The summed E-state index contributed by atoms with van der Waals surface area (Å²) in [7, 11) is 0. The van der Waals surface area contributed by atoms with E-state index in [-0.39, 0.29) is 16.5 Å². The van der Waals surface area contributed by atoms with Crippen LogP contribution < -0.4 is 0 Å². The predicted octanol–water partition coefficient (Wildman–Crippen LogP) is 2.08. The molecule has 0 aromatic rings. The van der Waals surface area contributed by atoms with Crippen molar-refractivity contribution in [2.45, 2.75) is 19.8 Å². The number of rotatable bonds is 1. The molecule has 0 fully saturated rings. The van der Waals surface area contributed by atoms with Crippen molar-refractivity contribution in [3.05, 3.63) is 23.8 Å². The minimum atomic E-state index is 0. The van der Waals surface area contributed by atoms with Crippen LogP contribution in [0.4, 0.5) is 0 Å². The van der Waals surface area contributed by atoms with E-state index in [1.165, 1.54) is 5.57 Å². The first-order valence-electron chi connectivity index (χ1n) is 2.69. The summed E-state index contributed by atoms with van der Waals surface area (Å²) < 4.78 is 0. The van der Waals surface area contributed by atoms with Gasteiger partial charge in [0.2, 0.25) is 0 Å². The summed E-state index contributed by atoms with van der Waals surface area (Å²) >= 11 is 0. The van der Waals surface area contributed by atoms with Crippen molar-refractivity contribution in [3.8, 4) is 0 Å². The van der Waals surface area contributed by atoms with Crippen molar-refractivity contribution in [1.82, 2.24) is 0 Å². The van der Waals surface area contributed by atoms with Crippen LogP contribution in [0.1, 0.15) is 19.8 Å². The Hall–Kier alpha value is -0.0265. The van der Waals surface area contributed by atoms with Gasteiger partial charge in [0.25, 0.3) is 0 Å². The third-order valence-corrected chi connectivity index (χ3v) is 1.15. The Morgan fingerprint density at radius 1 is 1.75 bits per heavy atom. The van der Waals surface area contributed by atoms with Gasteiger partial charge in [-0.3, -0.25) is 6.08 Å². The fourth-order valence-corrected chi connectivity index (χ4v) is 0.693. The summed E-state index contributed by atoms with van der Waals surface area (Å²) in [4.78, 5) is 0. The Morgan fingerprint density at radius 2 is 2.50 bits per heavy atom. The van der Waals surface area contributed by atoms with Crippen molar-refractivity contribution >= 4 is 0 Å². The molecule has 0 spiro atoms. The first-order valence-corrected chi connectivity index (χ1v) is 2.69. The fourth-order valence-electron chi connectivity index (χ4n) is 0.693. The van der Waals surface area contributed by atoms with E-state index in [1.807, 2.05) is 0 Å². The van der Waals surface area contributed by atoms with Gasteiger partial charge in [0.15, 0.2) is 0 Å². The summed E-state index contributed by atoms with van der Waals surface area (Å²) in [5.74, 6) is 0. The molecule has 0 aromatic heterocycles. The van der Waals surface area contributed by atoms with Crippen LogP contribution in [0.5, 0.6) is 0 Å². The third-order valence-electron chi connectivity index (χ3n) is 1.15. The van der Waals surface area contributed by atoms with Crippen LogP contribution in [0.2, 0.25) is 0 Å². The molecule has 0 aromatic carbocycles. The van der Waals surface area contributed by atoms with Crippen molar-refractivity contribution < 1.29 is 16.5 Å². The summed E-state index contributed by atoms with van der Waals surface area (Å²) in [5, 5.41) is 0. The van der Waals surface area contributed by atoms with Crippen LogP contribution in [0.25, 0.3) is 0 Å². The molecule has 0 saturated heterocycles. The fraction of sp³-hybridized carbons (Fsp3) is 0.429. The van der Waals surface area contributed by atoms with E-state index in [0.29, 0.717) is 0 Å². The number of hydrogen-bond donors (Lipinski definition) is 0. The maximum atomic E-state index is 3.21. The maximum Gasteiger partial charge on any atom is 0 e. The molecule has 1 heteroatoms. The van der Waals surface area contributed by atoms with E-state index < -0.39 is 0 Å². The molecule has 0 atom stereocenters. The molecular weight excluding hydrogens is 143 g/mol. The third kappa shape index (κ3) is 1.83. The molecule has 0 unspecified atom stereocenters. The van der Waals surface area contributed by atoms with E-state index in [2.05, 4.69) is 25.2 Å². The monoisotopic (exact) mass is 151 g/mol. The molecule has 1 rings (SSSR count). The van der Waals surface area contributed by atoms with Gasteiger partial charge in [0.05, 0.1) is 0 Å². The minimum absolute atomic E-state index is 0. The zero-order chi connectivity index (χ0) is 5.11. The second kappa shape index (κ2) is 3.91. The standard InChI is InChI=1S/C7H9.Ni/c1-2-7-5-3-4-6-7;/h3,5H,2,4H2,1H3;/q-1;. The number of hydrogen-bond acceptors (Lipinski definition) is 0. The molecule has 8 heavy (non-hydrogen) atoms. The van der Waals surface area contributed by atoms with E-state index in [1.54, 1.807) is 0 Å². The van der Waals surface area contributed by atoms with Crippen molar-refractivity contribution in [2.75, 3.05) is 0 Å². The van der Waals surface area contributed by atoms with Crippen molar-refractivity contribution in [3.63, 3.8) is 0 Å². The largest absolute Gasteiger partial charge is 0.270 e. The minimum Gasteiger partial charge on any atom is -0.270 e. The molecule has 0 bridgehead atoms. The van der Waals surface area contributed by atoms with Crippen LogP contribution in [0.3, 0.4) is 0 Å². The van der Waals surface area contributed by atoms with Crippen LogP contribution >= 0.6 is 0 Å². The van der Waals surface area contributed by atoms with Gasteiger partial charge in [-0.25, -0.2) is 11.6 Å². The molecular formula is C7H9Ni-. The molecule has 1 aliphatic rings. The van der Waals surface area contributed by atoms with Gasteiger partial charge < -0.3 is 0 Å². The van der Waals surface area contributed by atoms with Crippen LogP contribution in [-0.2, 0) is 16.5 Å². The van der Waals surface area contributed by atoms with Gasteiger partial charge in [0, 0.05) is 16.5 Å². The smallest absolute Gasteiger partial charge is 0 e. The van der Waals surface area contributed by atoms with E-state index in [4.69, 9.17) is 0 Å². The predicted molar refractivity (Wildman–Crippen MR) is 30.8 cm³/mol. The molecule has 0 N–H and O–H groups in total. The topological polar surface area (TPSA) is 0 Å². The Kier molecular flexibility index (Phi) is 3.90. The van der Waals surface area contributed by atoms with Gasteiger partial charge >= 0.3 is 0 Å². The zero-order valence-corrected chi connectivity index (χ0v) is 5.87. The van der Waals surface area contributed by atoms with Crippen molar-refractivity contribution in [1.29, 1.82) is 0 Å². The van der Waals surface area contributed by atoms with Crippen LogP contribution in [-0.4, -0.2) is 0 Å². The Bertz CT molecular complexity index is 112. The van der Waals surface area contributed by atoms with Crippen LogP contribution in [0.15, 0.2) is 17.7 Å². The normalized spacial score (nSPS) is 15.4. The molecule has 1 aliphatic carbocycles. The van der Waals surface area contributed by atoms with Gasteiger partial charge in [-0.05, 0) is 0 Å². The Labute approximate surface area is 60.6 Å². The molecule has 48 valence electrons. The average molecular weight is 152 g/mol. The zero-order valence-electron chi connectivity index (χ0n) is 4.89. The molecule has 0 amide bonds. The molecule has 0 aliphatic heterocycles.